The van der Waals surface area contributed by atoms with Gasteiger partial charge in [-0.25, -0.2) is 0 Å². The normalized spacial score (nSPS) is 15.1. The van der Waals surface area contributed by atoms with Gasteiger partial charge in [0.05, 0.1) is 5.60 Å². The Hall–Kier alpha value is -1.32. The number of nitrogens with zero attached hydrogens (tertiary/aromatic N) is 1. The predicted molar refractivity (Wildman–Crippen MR) is 68.8 cm³/mol. The minimum atomic E-state index is -0.885. The van der Waals surface area contributed by atoms with Crippen LogP contribution in [0.1, 0.15) is 25.3 Å². The second-order valence-corrected chi connectivity index (χ2v) is 4.77. The first kappa shape index (κ1) is 12.1. The van der Waals surface area contributed by atoms with Gasteiger partial charge in [-0.1, -0.05) is 18.2 Å². The summed E-state index contributed by atoms with van der Waals surface area (Å²) in [5, 5.41) is 20.5. The molecule has 1 atom stereocenters. The SMILES string of the molecule is Cn1cc(C(C)(O)CCCO)c2ccccc21. The molecule has 2 rings (SSSR count). The van der Waals surface area contributed by atoms with E-state index >= 15 is 0 Å². The highest BCUT2D eigenvalue weighted by Gasteiger charge is 2.26. The molecule has 92 valence electrons. The molecule has 1 aromatic heterocycles. The maximum Gasteiger partial charge on any atom is 0.0890 e. The number of rotatable bonds is 4. The van der Waals surface area contributed by atoms with Crippen LogP contribution in [-0.4, -0.2) is 21.4 Å². The van der Waals surface area contributed by atoms with Gasteiger partial charge < -0.3 is 14.8 Å². The van der Waals surface area contributed by atoms with Crippen LogP contribution < -0.4 is 0 Å². The van der Waals surface area contributed by atoms with Gasteiger partial charge in [-0.3, -0.25) is 0 Å². The van der Waals surface area contributed by atoms with Gasteiger partial charge >= 0.3 is 0 Å². The Morgan fingerprint density at radius 2 is 2.00 bits per heavy atom. The summed E-state index contributed by atoms with van der Waals surface area (Å²) in [6, 6.07) is 8.04. The Morgan fingerprint density at radius 3 is 2.71 bits per heavy atom. The van der Waals surface area contributed by atoms with E-state index < -0.39 is 5.60 Å². The molecular formula is C14H19NO2. The molecule has 0 fully saturated rings. The maximum absolute atomic E-state index is 10.5. The summed E-state index contributed by atoms with van der Waals surface area (Å²) in [6.45, 7) is 1.92. The molecular weight excluding hydrogens is 214 g/mol. The number of hydrogen-bond donors (Lipinski definition) is 2. The molecule has 0 radical (unpaired) electrons. The zero-order valence-corrected chi connectivity index (χ0v) is 10.3. The van der Waals surface area contributed by atoms with E-state index in [0.717, 1.165) is 16.5 Å². The van der Waals surface area contributed by atoms with Crippen LogP contribution >= 0.6 is 0 Å². The van der Waals surface area contributed by atoms with Crippen molar-refractivity contribution in [1.29, 1.82) is 0 Å². The molecule has 0 spiro atoms. The first-order valence-corrected chi connectivity index (χ1v) is 5.94. The third kappa shape index (κ3) is 2.21. The average molecular weight is 233 g/mol. The van der Waals surface area contributed by atoms with Gasteiger partial charge in [0.15, 0.2) is 0 Å². The first-order chi connectivity index (χ1) is 8.06. The molecule has 3 nitrogen and oxygen atoms in total. The number of benzene rings is 1. The predicted octanol–water partition coefficient (Wildman–Crippen LogP) is 2.16. The summed E-state index contributed by atoms with van der Waals surface area (Å²) in [5.74, 6) is 0. The summed E-state index contributed by atoms with van der Waals surface area (Å²) in [4.78, 5) is 0. The van der Waals surface area contributed by atoms with E-state index in [1.807, 2.05) is 49.0 Å². The van der Waals surface area contributed by atoms with Crippen LogP contribution in [0.25, 0.3) is 10.9 Å². The number of aliphatic hydroxyl groups is 2. The number of aromatic nitrogens is 1. The molecule has 1 heterocycles. The molecule has 0 amide bonds. The van der Waals surface area contributed by atoms with Crippen LogP contribution in [0, 0.1) is 0 Å². The van der Waals surface area contributed by atoms with Gasteiger partial charge in [-0.15, -0.1) is 0 Å². The van der Waals surface area contributed by atoms with E-state index in [-0.39, 0.29) is 6.61 Å². The van der Waals surface area contributed by atoms with E-state index in [1.54, 1.807) is 0 Å². The molecule has 3 heteroatoms. The second-order valence-electron chi connectivity index (χ2n) is 4.77. The fourth-order valence-corrected chi connectivity index (χ4v) is 2.33. The number of aliphatic hydroxyl groups excluding tert-OH is 1. The quantitative estimate of drug-likeness (QED) is 0.850. The van der Waals surface area contributed by atoms with E-state index in [1.165, 1.54) is 0 Å². The fraction of sp³-hybridized carbons (Fsp3) is 0.429. The van der Waals surface area contributed by atoms with Crippen LogP contribution in [0.5, 0.6) is 0 Å². The van der Waals surface area contributed by atoms with Crippen LogP contribution in [0.2, 0.25) is 0 Å². The molecule has 0 aliphatic heterocycles. The third-order valence-electron chi connectivity index (χ3n) is 3.30. The minimum Gasteiger partial charge on any atom is -0.396 e. The second kappa shape index (κ2) is 4.51. The van der Waals surface area contributed by atoms with Crippen molar-refractivity contribution in [2.24, 2.45) is 7.05 Å². The molecule has 17 heavy (non-hydrogen) atoms. The molecule has 1 aromatic carbocycles. The highest BCUT2D eigenvalue weighted by Crippen LogP contribution is 2.32. The zero-order valence-electron chi connectivity index (χ0n) is 10.3. The van der Waals surface area contributed by atoms with Crippen LogP contribution in [0.15, 0.2) is 30.5 Å². The molecule has 0 aliphatic carbocycles. The van der Waals surface area contributed by atoms with E-state index in [2.05, 4.69) is 0 Å². The largest absolute Gasteiger partial charge is 0.396 e. The Morgan fingerprint density at radius 1 is 1.29 bits per heavy atom. The number of fused-ring (bicyclic) bond motifs is 1. The highest BCUT2D eigenvalue weighted by molar-refractivity contribution is 5.84. The Balaban J connectivity index is 2.48. The molecule has 2 N–H and O–H groups in total. The molecule has 1 unspecified atom stereocenters. The fourth-order valence-electron chi connectivity index (χ4n) is 2.33. The van der Waals surface area contributed by atoms with Gasteiger partial charge in [-0.05, 0) is 25.8 Å². The lowest BCUT2D eigenvalue weighted by atomic mass is 9.91. The molecule has 0 saturated heterocycles. The zero-order chi connectivity index (χ0) is 12.5. The first-order valence-electron chi connectivity index (χ1n) is 5.94. The van der Waals surface area contributed by atoms with Crippen LogP contribution in [0.4, 0.5) is 0 Å². The van der Waals surface area contributed by atoms with Gasteiger partial charge in [-0.2, -0.15) is 0 Å². The minimum absolute atomic E-state index is 0.112. The van der Waals surface area contributed by atoms with Crippen molar-refractivity contribution < 1.29 is 10.2 Å². The summed E-state index contributed by atoms with van der Waals surface area (Å²) in [7, 11) is 1.98. The topological polar surface area (TPSA) is 45.4 Å². The van der Waals surface area contributed by atoms with Crippen molar-refractivity contribution in [3.8, 4) is 0 Å². The van der Waals surface area contributed by atoms with E-state index in [0.29, 0.717) is 12.8 Å². The van der Waals surface area contributed by atoms with Crippen molar-refractivity contribution in [3.63, 3.8) is 0 Å². The van der Waals surface area contributed by atoms with Crippen LogP contribution in [-0.2, 0) is 12.6 Å². The summed E-state index contributed by atoms with van der Waals surface area (Å²) < 4.78 is 2.03. The number of hydrogen-bond acceptors (Lipinski definition) is 2. The van der Waals surface area contributed by atoms with Gasteiger partial charge in [0.25, 0.3) is 0 Å². The summed E-state index contributed by atoms with van der Waals surface area (Å²) >= 11 is 0. The monoisotopic (exact) mass is 233 g/mol. The lowest BCUT2D eigenvalue weighted by Gasteiger charge is -2.22. The summed E-state index contributed by atoms with van der Waals surface area (Å²) in [6.07, 6.45) is 3.15. The highest BCUT2D eigenvalue weighted by atomic mass is 16.3. The van der Waals surface area contributed by atoms with Gasteiger partial charge in [0.1, 0.15) is 0 Å². The lowest BCUT2D eigenvalue weighted by Crippen LogP contribution is -2.21. The van der Waals surface area contributed by atoms with E-state index in [4.69, 9.17) is 5.11 Å². The van der Waals surface area contributed by atoms with Gasteiger partial charge in [0.2, 0.25) is 0 Å². The Bertz CT molecular complexity index is 514. The summed E-state index contributed by atoms with van der Waals surface area (Å²) in [5.41, 5.74) is 1.17. The van der Waals surface area contributed by atoms with Crippen LogP contribution in [0.3, 0.4) is 0 Å². The van der Waals surface area contributed by atoms with Crippen molar-refractivity contribution in [3.05, 3.63) is 36.0 Å². The van der Waals surface area contributed by atoms with Crippen molar-refractivity contribution in [2.75, 3.05) is 6.61 Å². The molecule has 0 bridgehead atoms. The molecule has 0 aliphatic rings. The van der Waals surface area contributed by atoms with Crippen molar-refractivity contribution in [1.82, 2.24) is 4.57 Å². The van der Waals surface area contributed by atoms with Crippen molar-refractivity contribution in [2.45, 2.75) is 25.4 Å². The standard InChI is InChI=1S/C14H19NO2/c1-14(17,8-5-9-16)12-10-15(2)13-7-4-3-6-11(12)13/h3-4,6-7,10,16-17H,5,8-9H2,1-2H3. The average Bonchev–Trinajstić information content (AvgIpc) is 2.66. The van der Waals surface area contributed by atoms with Gasteiger partial charge in [0, 0.05) is 36.3 Å². The maximum atomic E-state index is 10.5. The lowest BCUT2D eigenvalue weighted by molar-refractivity contribution is 0.0416. The number of para-hydroxylation sites is 1. The molecule has 0 saturated carbocycles. The van der Waals surface area contributed by atoms with E-state index in [9.17, 15) is 5.11 Å². The van der Waals surface area contributed by atoms with Crippen molar-refractivity contribution >= 4 is 10.9 Å². The third-order valence-corrected chi connectivity index (χ3v) is 3.30. The Labute approximate surface area is 101 Å². The molecule has 2 aromatic rings. The number of aryl methyl sites for hydroxylation is 1. The Kier molecular flexibility index (Phi) is 3.22. The smallest absolute Gasteiger partial charge is 0.0890 e.